The molecule has 0 aliphatic heterocycles. The molecule has 1 aromatic carbocycles. The van der Waals surface area contributed by atoms with E-state index >= 15 is 0 Å². The standard InChI is InChI=1S/C9H12N2OS/c1-6-4-3-5-7(2)8(6)10-9(12)11-13/h3-5,13H,1-2H3,(H2,10,11,12). The van der Waals surface area contributed by atoms with Crippen LogP contribution in [0.2, 0.25) is 0 Å². The summed E-state index contributed by atoms with van der Waals surface area (Å²) in [5.74, 6) is 0. The highest BCUT2D eigenvalue weighted by molar-refractivity contribution is 7.78. The van der Waals surface area contributed by atoms with Gasteiger partial charge in [-0.2, -0.15) is 0 Å². The maximum atomic E-state index is 11.0. The van der Waals surface area contributed by atoms with Crippen LogP contribution in [0.4, 0.5) is 10.5 Å². The molecule has 1 aromatic rings. The van der Waals surface area contributed by atoms with Crippen molar-refractivity contribution >= 4 is 24.5 Å². The van der Waals surface area contributed by atoms with Crippen molar-refractivity contribution in [1.29, 1.82) is 0 Å². The summed E-state index contributed by atoms with van der Waals surface area (Å²) in [6, 6.07) is 5.53. The van der Waals surface area contributed by atoms with Gasteiger partial charge < -0.3 is 5.32 Å². The quantitative estimate of drug-likeness (QED) is 0.592. The number of hydrogen-bond donors (Lipinski definition) is 3. The Balaban J connectivity index is 2.93. The lowest BCUT2D eigenvalue weighted by Gasteiger charge is -2.09. The van der Waals surface area contributed by atoms with E-state index in [4.69, 9.17) is 0 Å². The van der Waals surface area contributed by atoms with Gasteiger partial charge >= 0.3 is 6.03 Å². The van der Waals surface area contributed by atoms with Crippen LogP contribution in [-0.4, -0.2) is 6.03 Å². The summed E-state index contributed by atoms with van der Waals surface area (Å²) in [5, 5.41) is 2.70. The van der Waals surface area contributed by atoms with Crippen molar-refractivity contribution in [3.05, 3.63) is 29.3 Å². The van der Waals surface area contributed by atoms with Crippen molar-refractivity contribution in [3.8, 4) is 0 Å². The molecule has 0 saturated heterocycles. The second kappa shape index (κ2) is 4.18. The zero-order valence-corrected chi connectivity index (χ0v) is 8.48. The highest BCUT2D eigenvalue weighted by Crippen LogP contribution is 2.18. The molecule has 13 heavy (non-hydrogen) atoms. The van der Waals surface area contributed by atoms with E-state index in [0.29, 0.717) is 0 Å². The summed E-state index contributed by atoms with van der Waals surface area (Å²) in [6.45, 7) is 3.89. The normalized spacial score (nSPS) is 9.46. The van der Waals surface area contributed by atoms with Crippen molar-refractivity contribution in [2.24, 2.45) is 0 Å². The van der Waals surface area contributed by atoms with Gasteiger partial charge in [-0.05, 0) is 25.0 Å². The highest BCUT2D eigenvalue weighted by Gasteiger charge is 2.04. The average Bonchev–Trinajstić information content (AvgIpc) is 2.11. The zero-order valence-electron chi connectivity index (χ0n) is 7.59. The minimum Gasteiger partial charge on any atom is -0.307 e. The van der Waals surface area contributed by atoms with E-state index in [1.807, 2.05) is 32.0 Å². The Kier molecular flexibility index (Phi) is 3.19. The Morgan fingerprint density at radius 1 is 1.31 bits per heavy atom. The van der Waals surface area contributed by atoms with Gasteiger partial charge in [0.25, 0.3) is 0 Å². The largest absolute Gasteiger partial charge is 0.329 e. The van der Waals surface area contributed by atoms with E-state index < -0.39 is 0 Å². The number of anilines is 1. The van der Waals surface area contributed by atoms with Gasteiger partial charge in [0.15, 0.2) is 0 Å². The molecule has 0 saturated carbocycles. The van der Waals surface area contributed by atoms with Gasteiger partial charge in [-0.15, -0.1) is 0 Å². The summed E-state index contributed by atoms with van der Waals surface area (Å²) in [5.41, 5.74) is 2.92. The number of amides is 2. The van der Waals surface area contributed by atoms with Crippen LogP contribution in [0.15, 0.2) is 18.2 Å². The van der Waals surface area contributed by atoms with Crippen LogP contribution in [0.3, 0.4) is 0 Å². The zero-order chi connectivity index (χ0) is 9.84. The first-order valence-electron chi connectivity index (χ1n) is 3.92. The van der Waals surface area contributed by atoms with E-state index in [0.717, 1.165) is 16.8 Å². The van der Waals surface area contributed by atoms with Crippen LogP contribution in [0.25, 0.3) is 0 Å². The molecule has 0 heterocycles. The maximum Gasteiger partial charge on any atom is 0.329 e. The smallest absolute Gasteiger partial charge is 0.307 e. The van der Waals surface area contributed by atoms with Crippen LogP contribution in [0.1, 0.15) is 11.1 Å². The third-order valence-corrected chi connectivity index (χ3v) is 2.02. The minimum atomic E-state index is -0.319. The molecule has 2 N–H and O–H groups in total. The molecule has 70 valence electrons. The minimum absolute atomic E-state index is 0.319. The molecule has 0 aromatic heterocycles. The first-order valence-corrected chi connectivity index (χ1v) is 4.37. The molecule has 4 heteroatoms. The van der Waals surface area contributed by atoms with E-state index in [9.17, 15) is 4.79 Å². The van der Waals surface area contributed by atoms with Gasteiger partial charge in [0.2, 0.25) is 0 Å². The third-order valence-electron chi connectivity index (χ3n) is 1.82. The number of carbonyl (C=O) groups excluding carboxylic acids is 1. The number of urea groups is 1. The molecule has 0 unspecified atom stereocenters. The molecule has 0 fully saturated rings. The predicted molar refractivity (Wildman–Crippen MR) is 57.1 cm³/mol. The van der Waals surface area contributed by atoms with Crippen molar-refractivity contribution in [1.82, 2.24) is 4.72 Å². The molecule has 3 nitrogen and oxygen atoms in total. The number of benzene rings is 1. The summed E-state index contributed by atoms with van der Waals surface area (Å²) >= 11 is 3.65. The first-order chi connectivity index (χ1) is 6.15. The molecular formula is C9H12N2OS. The monoisotopic (exact) mass is 196 g/mol. The SMILES string of the molecule is Cc1cccc(C)c1NC(=O)NS. The second-order valence-corrected chi connectivity index (χ2v) is 3.06. The molecule has 0 spiro atoms. The fourth-order valence-corrected chi connectivity index (χ4v) is 1.21. The van der Waals surface area contributed by atoms with E-state index in [-0.39, 0.29) is 6.03 Å². The Morgan fingerprint density at radius 2 is 1.85 bits per heavy atom. The van der Waals surface area contributed by atoms with E-state index in [1.165, 1.54) is 0 Å². The number of nitrogens with one attached hydrogen (secondary N) is 2. The molecular weight excluding hydrogens is 184 g/mol. The van der Waals surface area contributed by atoms with Gasteiger partial charge in [0, 0.05) is 5.69 Å². The first kappa shape index (κ1) is 9.92. The van der Waals surface area contributed by atoms with Crippen molar-refractivity contribution in [3.63, 3.8) is 0 Å². The van der Waals surface area contributed by atoms with Crippen molar-refractivity contribution < 1.29 is 4.79 Å². The van der Waals surface area contributed by atoms with Crippen molar-refractivity contribution in [2.45, 2.75) is 13.8 Å². The molecule has 0 aliphatic carbocycles. The van der Waals surface area contributed by atoms with Gasteiger partial charge in [-0.1, -0.05) is 31.0 Å². The lowest BCUT2D eigenvalue weighted by Crippen LogP contribution is -2.21. The van der Waals surface area contributed by atoms with Crippen LogP contribution in [0, 0.1) is 13.8 Å². The van der Waals surface area contributed by atoms with E-state index in [1.54, 1.807) is 0 Å². The molecule has 1 rings (SSSR count). The number of thiol groups is 1. The lowest BCUT2D eigenvalue weighted by molar-refractivity contribution is 0.257. The molecule has 0 radical (unpaired) electrons. The maximum absolute atomic E-state index is 11.0. The number of hydrogen-bond acceptors (Lipinski definition) is 2. The van der Waals surface area contributed by atoms with Crippen LogP contribution in [-0.2, 0) is 0 Å². The van der Waals surface area contributed by atoms with Gasteiger partial charge in [0.05, 0.1) is 0 Å². The topological polar surface area (TPSA) is 41.1 Å². The molecule has 2 amide bonds. The fraction of sp³-hybridized carbons (Fsp3) is 0.222. The Bertz CT molecular complexity index is 305. The molecule has 0 atom stereocenters. The summed E-state index contributed by atoms with van der Waals surface area (Å²) in [4.78, 5) is 11.0. The number of para-hydroxylation sites is 1. The Labute approximate surface area is 83.1 Å². The predicted octanol–water partition coefficient (Wildman–Crippen LogP) is 2.27. The summed E-state index contributed by atoms with van der Waals surface area (Å²) in [6.07, 6.45) is 0. The highest BCUT2D eigenvalue weighted by atomic mass is 32.1. The summed E-state index contributed by atoms with van der Waals surface area (Å²) in [7, 11) is 0. The second-order valence-electron chi connectivity index (χ2n) is 2.83. The fourth-order valence-electron chi connectivity index (χ4n) is 1.15. The molecule has 0 bridgehead atoms. The number of carbonyl (C=O) groups is 1. The Morgan fingerprint density at radius 3 is 2.31 bits per heavy atom. The third kappa shape index (κ3) is 2.39. The van der Waals surface area contributed by atoms with Crippen LogP contribution in [0.5, 0.6) is 0 Å². The van der Waals surface area contributed by atoms with Gasteiger partial charge in [-0.3, -0.25) is 4.72 Å². The Hall–Kier alpha value is -1.16. The van der Waals surface area contributed by atoms with Gasteiger partial charge in [-0.25, -0.2) is 4.79 Å². The van der Waals surface area contributed by atoms with E-state index in [2.05, 4.69) is 22.9 Å². The lowest BCUT2D eigenvalue weighted by atomic mass is 10.1. The van der Waals surface area contributed by atoms with Gasteiger partial charge in [0.1, 0.15) is 0 Å². The number of rotatable bonds is 1. The van der Waals surface area contributed by atoms with Crippen LogP contribution >= 0.6 is 12.8 Å². The molecule has 0 aliphatic rings. The van der Waals surface area contributed by atoms with Crippen LogP contribution < -0.4 is 10.0 Å². The number of aryl methyl sites for hydroxylation is 2. The summed E-state index contributed by atoms with van der Waals surface area (Å²) < 4.78 is 2.21. The van der Waals surface area contributed by atoms with Crippen molar-refractivity contribution in [2.75, 3.05) is 5.32 Å². The average molecular weight is 196 g/mol.